The van der Waals surface area contributed by atoms with Gasteiger partial charge in [-0.15, -0.1) is 0 Å². The molecule has 2 rings (SSSR count). The van der Waals surface area contributed by atoms with Crippen LogP contribution in [0.5, 0.6) is 5.75 Å². The molecule has 2 heteroatoms. The molecular formula is C13H15NO. The number of aromatic nitrogens is 1. The van der Waals surface area contributed by atoms with E-state index >= 15 is 0 Å². The summed E-state index contributed by atoms with van der Waals surface area (Å²) < 4.78 is 5.43. The zero-order valence-electron chi connectivity index (χ0n) is 8.89. The maximum atomic E-state index is 5.43. The number of pyridine rings is 1. The molecule has 0 saturated carbocycles. The SMILES string of the molecule is CCOc1cncc(C2C=CC=CC2)c1. The lowest BCUT2D eigenvalue weighted by Gasteiger charge is -2.13. The molecule has 0 N–H and O–H groups in total. The van der Waals surface area contributed by atoms with Crippen LogP contribution in [-0.4, -0.2) is 11.6 Å². The largest absolute Gasteiger partial charge is 0.492 e. The van der Waals surface area contributed by atoms with E-state index in [1.54, 1.807) is 6.20 Å². The summed E-state index contributed by atoms with van der Waals surface area (Å²) in [7, 11) is 0. The first kappa shape index (κ1) is 9.97. The summed E-state index contributed by atoms with van der Waals surface area (Å²) in [6.07, 6.45) is 13.3. The van der Waals surface area contributed by atoms with Gasteiger partial charge in [-0.1, -0.05) is 24.3 Å². The molecule has 0 bridgehead atoms. The van der Waals surface area contributed by atoms with Crippen molar-refractivity contribution in [2.45, 2.75) is 19.3 Å². The smallest absolute Gasteiger partial charge is 0.137 e. The van der Waals surface area contributed by atoms with E-state index in [4.69, 9.17) is 4.74 Å². The van der Waals surface area contributed by atoms with Crippen LogP contribution < -0.4 is 4.74 Å². The van der Waals surface area contributed by atoms with E-state index in [0.717, 1.165) is 12.2 Å². The van der Waals surface area contributed by atoms with E-state index in [-0.39, 0.29) is 0 Å². The summed E-state index contributed by atoms with van der Waals surface area (Å²) in [5.41, 5.74) is 1.22. The molecule has 0 saturated heterocycles. The van der Waals surface area contributed by atoms with Gasteiger partial charge in [0, 0.05) is 12.1 Å². The molecule has 0 spiro atoms. The first-order chi connectivity index (χ1) is 7.40. The Kier molecular flexibility index (Phi) is 3.18. The summed E-state index contributed by atoms with van der Waals surface area (Å²) in [5.74, 6) is 1.31. The second-order valence-corrected chi connectivity index (χ2v) is 3.54. The fourth-order valence-electron chi connectivity index (χ4n) is 1.71. The molecule has 1 heterocycles. The second-order valence-electron chi connectivity index (χ2n) is 3.54. The van der Waals surface area contributed by atoms with E-state index in [1.165, 1.54) is 5.56 Å². The number of hydrogen-bond donors (Lipinski definition) is 0. The third kappa shape index (κ3) is 2.46. The van der Waals surface area contributed by atoms with Crippen molar-refractivity contribution in [3.05, 3.63) is 48.3 Å². The number of allylic oxidation sites excluding steroid dienone is 4. The van der Waals surface area contributed by atoms with Crippen LogP contribution in [0.15, 0.2) is 42.8 Å². The van der Waals surface area contributed by atoms with Crippen LogP contribution in [-0.2, 0) is 0 Å². The average Bonchev–Trinajstić information content (AvgIpc) is 2.31. The van der Waals surface area contributed by atoms with Crippen molar-refractivity contribution in [3.8, 4) is 5.75 Å². The zero-order valence-corrected chi connectivity index (χ0v) is 8.89. The molecular weight excluding hydrogens is 186 g/mol. The quantitative estimate of drug-likeness (QED) is 0.749. The van der Waals surface area contributed by atoms with Gasteiger partial charge in [-0.3, -0.25) is 4.98 Å². The third-order valence-electron chi connectivity index (χ3n) is 2.45. The number of rotatable bonds is 3. The lowest BCUT2D eigenvalue weighted by Crippen LogP contribution is -1.99. The monoisotopic (exact) mass is 201 g/mol. The molecule has 1 aromatic heterocycles. The first-order valence-corrected chi connectivity index (χ1v) is 5.31. The standard InChI is InChI=1S/C13H15NO/c1-2-15-13-8-12(9-14-10-13)11-6-4-3-5-7-11/h3-6,8-11H,2,7H2,1H3. The van der Waals surface area contributed by atoms with Crippen LogP contribution in [0.25, 0.3) is 0 Å². The summed E-state index contributed by atoms with van der Waals surface area (Å²) in [4.78, 5) is 4.20. The van der Waals surface area contributed by atoms with Gasteiger partial charge in [0.05, 0.1) is 12.8 Å². The minimum absolute atomic E-state index is 0.447. The van der Waals surface area contributed by atoms with Crippen LogP contribution >= 0.6 is 0 Å². The number of hydrogen-bond acceptors (Lipinski definition) is 2. The topological polar surface area (TPSA) is 22.1 Å². The molecule has 0 aliphatic heterocycles. The molecule has 0 amide bonds. The van der Waals surface area contributed by atoms with Crippen molar-refractivity contribution < 1.29 is 4.74 Å². The molecule has 78 valence electrons. The Morgan fingerprint density at radius 3 is 3.07 bits per heavy atom. The van der Waals surface area contributed by atoms with Crippen LogP contribution in [0.4, 0.5) is 0 Å². The van der Waals surface area contributed by atoms with E-state index in [9.17, 15) is 0 Å². The molecule has 1 atom stereocenters. The first-order valence-electron chi connectivity index (χ1n) is 5.31. The van der Waals surface area contributed by atoms with E-state index in [1.807, 2.05) is 13.1 Å². The van der Waals surface area contributed by atoms with Crippen LogP contribution in [0, 0.1) is 0 Å². The summed E-state index contributed by atoms with van der Waals surface area (Å²) in [6.45, 7) is 2.67. The van der Waals surface area contributed by atoms with Crippen LogP contribution in [0.1, 0.15) is 24.8 Å². The highest BCUT2D eigenvalue weighted by Crippen LogP contribution is 2.26. The summed E-state index contributed by atoms with van der Waals surface area (Å²) in [5, 5.41) is 0. The second kappa shape index (κ2) is 4.78. The van der Waals surface area contributed by atoms with Crippen molar-refractivity contribution in [2.75, 3.05) is 6.61 Å². The Morgan fingerprint density at radius 2 is 2.33 bits per heavy atom. The van der Waals surface area contributed by atoms with Gasteiger partial charge in [-0.2, -0.15) is 0 Å². The van der Waals surface area contributed by atoms with Crippen molar-refractivity contribution in [3.63, 3.8) is 0 Å². The minimum Gasteiger partial charge on any atom is -0.492 e. The predicted molar refractivity (Wildman–Crippen MR) is 61.0 cm³/mol. The van der Waals surface area contributed by atoms with Crippen molar-refractivity contribution >= 4 is 0 Å². The van der Waals surface area contributed by atoms with Gasteiger partial charge in [-0.25, -0.2) is 0 Å². The van der Waals surface area contributed by atoms with Gasteiger partial charge in [-0.05, 0) is 25.0 Å². The van der Waals surface area contributed by atoms with Crippen LogP contribution in [0.3, 0.4) is 0 Å². The average molecular weight is 201 g/mol. The van der Waals surface area contributed by atoms with Crippen molar-refractivity contribution in [1.29, 1.82) is 0 Å². The maximum Gasteiger partial charge on any atom is 0.137 e. The van der Waals surface area contributed by atoms with E-state index in [2.05, 4.69) is 35.4 Å². The minimum atomic E-state index is 0.447. The highest BCUT2D eigenvalue weighted by atomic mass is 16.5. The molecule has 1 unspecified atom stereocenters. The highest BCUT2D eigenvalue weighted by molar-refractivity contribution is 5.31. The molecule has 15 heavy (non-hydrogen) atoms. The zero-order chi connectivity index (χ0) is 10.5. The van der Waals surface area contributed by atoms with Gasteiger partial charge in [0.25, 0.3) is 0 Å². The predicted octanol–water partition coefficient (Wildman–Crippen LogP) is 3.08. The molecule has 0 radical (unpaired) electrons. The molecule has 1 aliphatic carbocycles. The highest BCUT2D eigenvalue weighted by Gasteiger charge is 2.09. The van der Waals surface area contributed by atoms with Gasteiger partial charge < -0.3 is 4.74 Å². The molecule has 1 aliphatic rings. The Balaban J connectivity index is 2.17. The van der Waals surface area contributed by atoms with Crippen LogP contribution in [0.2, 0.25) is 0 Å². The molecule has 0 fully saturated rings. The Hall–Kier alpha value is -1.57. The van der Waals surface area contributed by atoms with Gasteiger partial charge in [0.1, 0.15) is 5.75 Å². The number of ether oxygens (including phenoxy) is 1. The molecule has 0 aromatic carbocycles. The van der Waals surface area contributed by atoms with Gasteiger partial charge in [0.2, 0.25) is 0 Å². The fourth-order valence-corrected chi connectivity index (χ4v) is 1.71. The normalized spacial score (nSPS) is 19.1. The van der Waals surface area contributed by atoms with Gasteiger partial charge >= 0.3 is 0 Å². The molecule has 2 nitrogen and oxygen atoms in total. The van der Waals surface area contributed by atoms with Crippen molar-refractivity contribution in [2.24, 2.45) is 0 Å². The maximum absolute atomic E-state index is 5.43. The van der Waals surface area contributed by atoms with Crippen molar-refractivity contribution in [1.82, 2.24) is 4.98 Å². The Morgan fingerprint density at radius 1 is 1.40 bits per heavy atom. The Labute approximate surface area is 90.3 Å². The molecule has 1 aromatic rings. The third-order valence-corrected chi connectivity index (χ3v) is 2.45. The summed E-state index contributed by atoms with van der Waals surface area (Å²) in [6, 6.07) is 2.07. The van der Waals surface area contributed by atoms with Gasteiger partial charge in [0.15, 0.2) is 0 Å². The lowest BCUT2D eigenvalue weighted by molar-refractivity contribution is 0.338. The van der Waals surface area contributed by atoms with E-state index < -0.39 is 0 Å². The lowest BCUT2D eigenvalue weighted by atomic mass is 9.94. The van der Waals surface area contributed by atoms with E-state index in [0.29, 0.717) is 12.5 Å². The fraction of sp³-hybridized carbons (Fsp3) is 0.308. The number of nitrogens with zero attached hydrogens (tertiary/aromatic N) is 1. The summed E-state index contributed by atoms with van der Waals surface area (Å²) >= 11 is 0. The Bertz CT molecular complexity index is 382.